The van der Waals surface area contributed by atoms with Crippen molar-refractivity contribution >= 4 is 34.2 Å². The number of hydrogen-bond donors (Lipinski definition) is 6. The van der Waals surface area contributed by atoms with Crippen LogP contribution in [0.3, 0.4) is 0 Å². The van der Waals surface area contributed by atoms with Crippen LogP contribution in [0.5, 0.6) is 17.2 Å². The summed E-state index contributed by atoms with van der Waals surface area (Å²) in [4.78, 5) is 50.9. The number of methoxy groups -OCH3 is 1. The van der Waals surface area contributed by atoms with Gasteiger partial charge in [-0.05, 0) is 26.7 Å². The summed E-state index contributed by atoms with van der Waals surface area (Å²) in [5.74, 6) is -5.49. The van der Waals surface area contributed by atoms with E-state index < -0.39 is 83.3 Å². The summed E-state index contributed by atoms with van der Waals surface area (Å²) in [6, 6.07) is 0. The fourth-order valence-electron chi connectivity index (χ4n) is 9.55. The second-order valence-electron chi connectivity index (χ2n) is 18.1. The normalized spacial score (nSPS) is 33.1. The van der Waals surface area contributed by atoms with Crippen molar-refractivity contribution in [3.05, 3.63) is 57.8 Å². The van der Waals surface area contributed by atoms with E-state index >= 15 is 0 Å². The summed E-state index contributed by atoms with van der Waals surface area (Å²) in [6.45, 7) is 16.0. The van der Waals surface area contributed by atoms with Gasteiger partial charge in [0.05, 0.1) is 35.7 Å². The van der Waals surface area contributed by atoms with E-state index in [4.69, 9.17) is 28.9 Å². The van der Waals surface area contributed by atoms with Crippen molar-refractivity contribution in [2.75, 3.05) is 32.1 Å². The van der Waals surface area contributed by atoms with Gasteiger partial charge in [0, 0.05) is 99.1 Å². The summed E-state index contributed by atoms with van der Waals surface area (Å²) in [6.07, 6.45) is 6.01. The van der Waals surface area contributed by atoms with Gasteiger partial charge in [0.25, 0.3) is 5.91 Å². The molecule has 4 aliphatic rings. The van der Waals surface area contributed by atoms with Gasteiger partial charge in [0.1, 0.15) is 34.8 Å². The Morgan fingerprint density at radius 1 is 0.953 bits per heavy atom. The van der Waals surface area contributed by atoms with E-state index in [1.165, 1.54) is 6.92 Å². The average molecular weight is 891 g/mol. The van der Waals surface area contributed by atoms with Crippen LogP contribution in [0, 0.1) is 30.6 Å². The molecule has 4 heterocycles. The first-order chi connectivity index (χ1) is 30.2. The Hall–Kier alpha value is -4.87. The molecule has 4 bridgehead atoms. The number of carbonyl (C=O) groups is 3. The number of allylic oxidation sites excluding steroid dienone is 3. The number of phenolic OH excluding ortho intramolecular Hbond substituents is 2. The van der Waals surface area contributed by atoms with Gasteiger partial charge in [0.15, 0.2) is 11.4 Å². The number of aliphatic hydroxyl groups excluding tert-OH is 3. The first-order valence-corrected chi connectivity index (χ1v) is 22.4. The minimum atomic E-state index is -1.62. The van der Waals surface area contributed by atoms with E-state index in [-0.39, 0.29) is 67.9 Å². The van der Waals surface area contributed by atoms with Gasteiger partial charge in [-0.2, -0.15) is 0 Å². The van der Waals surface area contributed by atoms with Crippen LogP contribution in [0.1, 0.15) is 105 Å². The topological polar surface area (TPSA) is 229 Å². The zero-order chi connectivity index (χ0) is 47.0. The third-order valence-corrected chi connectivity index (χ3v) is 13.7. The van der Waals surface area contributed by atoms with Crippen molar-refractivity contribution in [1.82, 2.24) is 4.90 Å². The molecular formula is C48H66N4O12. The molecule has 16 heteroatoms. The number of aliphatic hydroxyl groups is 3. The van der Waals surface area contributed by atoms with E-state index in [1.54, 1.807) is 78.7 Å². The Kier molecular flexibility index (Phi) is 14.7. The number of likely N-dealkylation sites (tertiary alicyclic amines) is 1. The lowest BCUT2D eigenvalue weighted by Crippen LogP contribution is -2.46. The molecule has 64 heavy (non-hydrogen) atoms. The Morgan fingerprint density at radius 3 is 2.27 bits per heavy atom. The summed E-state index contributed by atoms with van der Waals surface area (Å²) in [5.41, 5.74) is -0.440. The van der Waals surface area contributed by atoms with E-state index in [1.807, 2.05) is 19.1 Å². The number of benzene rings is 2. The number of fused-ring (bicyclic) bond motifs is 1. The van der Waals surface area contributed by atoms with Gasteiger partial charge >= 0.3 is 5.97 Å². The number of rotatable bonds is 3. The lowest BCUT2D eigenvalue weighted by atomic mass is 9.78. The molecule has 0 aromatic heterocycles. The van der Waals surface area contributed by atoms with Crippen molar-refractivity contribution in [2.24, 2.45) is 33.7 Å². The molecule has 2 aromatic carbocycles. The minimum absolute atomic E-state index is 0.00875. The number of ether oxygens (including phenoxy) is 4. The van der Waals surface area contributed by atoms with Crippen LogP contribution in [0.2, 0.25) is 0 Å². The van der Waals surface area contributed by atoms with E-state index in [2.05, 4.69) is 5.32 Å². The minimum Gasteiger partial charge on any atom is -0.507 e. The summed E-state index contributed by atoms with van der Waals surface area (Å²) >= 11 is 0. The highest BCUT2D eigenvalue weighted by molar-refractivity contribution is 6.08. The Labute approximate surface area is 374 Å². The maximum atomic E-state index is 14.0. The number of phenols is 2. The molecule has 1 saturated heterocycles. The number of nitrogens with zero attached hydrogens (tertiary/aromatic N) is 3. The molecule has 0 radical (unpaired) electrons. The van der Waals surface area contributed by atoms with E-state index in [0.29, 0.717) is 45.2 Å². The van der Waals surface area contributed by atoms with Gasteiger partial charge in [0.2, 0.25) is 11.7 Å². The van der Waals surface area contributed by atoms with Crippen LogP contribution in [-0.4, -0.2) is 111 Å². The molecule has 6 N–H and O–H groups in total. The maximum absolute atomic E-state index is 14.0. The number of aromatic hydroxyl groups is 2. The highest BCUT2D eigenvalue weighted by Gasteiger charge is 2.49. The van der Waals surface area contributed by atoms with Crippen LogP contribution in [0.15, 0.2) is 45.9 Å². The molecule has 350 valence electrons. The van der Waals surface area contributed by atoms with Crippen molar-refractivity contribution in [3.63, 3.8) is 0 Å². The molecular weight excluding hydrogens is 825 g/mol. The molecule has 6 rings (SSSR count). The molecule has 4 aliphatic heterocycles. The van der Waals surface area contributed by atoms with Crippen molar-refractivity contribution in [2.45, 2.75) is 136 Å². The fourth-order valence-corrected chi connectivity index (χ4v) is 9.55. The maximum Gasteiger partial charge on any atom is 0.302 e. The number of hydrogen-bond acceptors (Lipinski definition) is 14. The first-order valence-electron chi connectivity index (χ1n) is 22.4. The summed E-state index contributed by atoms with van der Waals surface area (Å²) in [7, 11) is 1.55. The van der Waals surface area contributed by atoms with Gasteiger partial charge in [-0.15, -0.1) is 0 Å². The van der Waals surface area contributed by atoms with Crippen LogP contribution in [-0.2, 0) is 28.6 Å². The number of amides is 2. The lowest BCUT2D eigenvalue weighted by molar-refractivity contribution is -0.213. The van der Waals surface area contributed by atoms with Crippen LogP contribution in [0.25, 0.3) is 10.8 Å². The number of esters is 1. The van der Waals surface area contributed by atoms with E-state index in [9.17, 15) is 39.9 Å². The number of carbonyl (C=O) groups excluding carboxylic acids is 3. The average Bonchev–Trinajstić information content (AvgIpc) is 3.77. The quantitative estimate of drug-likeness (QED) is 0.140. The second-order valence-corrected chi connectivity index (χ2v) is 18.1. The fraction of sp³-hybridized carbons (Fsp3) is 0.604. The van der Waals surface area contributed by atoms with Crippen molar-refractivity contribution < 1.29 is 58.9 Å². The largest absolute Gasteiger partial charge is 0.507 e. The standard InChI is InChI=1S/C48H66N4O12/c1-11-32(54)52-21-19-48(20-22-52)50-36-33-34-41(57)29(7)44-35(33)45(59)47(9,64-44)62-23-14-12-13-18-31(61-10)26(4)43(63-30(8)53)28(6)40(56)27(5)39(55)24(2)16-15-17-25(3)46(60)49-38(42(34)58)37(36)51-48/h13,15-18,24,26-28,31,39-40,43,45,55-59H,11-12,14,19-23H2,1-10H3,(H,49,60)/b16-15+,18-13+,25-17-/t24-,26+,27+,28+,31-,39-,40+,43+,45?,47-/m0/s1. The molecule has 1 fully saturated rings. The number of anilines is 1. The summed E-state index contributed by atoms with van der Waals surface area (Å²) in [5, 5.41) is 62.5. The smallest absolute Gasteiger partial charge is 0.302 e. The predicted octanol–water partition coefficient (Wildman–Crippen LogP) is 4.70. The summed E-state index contributed by atoms with van der Waals surface area (Å²) < 4.78 is 24.3. The molecule has 2 aromatic rings. The monoisotopic (exact) mass is 890 g/mol. The van der Waals surface area contributed by atoms with E-state index in [0.717, 1.165) is 0 Å². The number of piperidine rings is 1. The molecule has 10 atom stereocenters. The third-order valence-electron chi connectivity index (χ3n) is 13.7. The van der Waals surface area contributed by atoms with Gasteiger partial charge in [-0.1, -0.05) is 65.0 Å². The molecule has 16 nitrogen and oxygen atoms in total. The van der Waals surface area contributed by atoms with Crippen molar-refractivity contribution in [1.29, 1.82) is 0 Å². The van der Waals surface area contributed by atoms with Crippen molar-refractivity contribution in [3.8, 4) is 17.2 Å². The lowest BCUT2D eigenvalue weighted by Gasteiger charge is -2.38. The predicted molar refractivity (Wildman–Crippen MR) is 238 cm³/mol. The SMILES string of the molecule is CCC(=O)N1CCC2(CC1)N=c1c3c(O)c4c(O)c(C)c5c(c4c1=N2)C(O)[C@@](C)(OCCC/C=C/[C@H](OC)[C@@H](C)[C@@H](OC(C)=O)[C@H](C)[C@H](O)[C@H](C)[C@@H](O)[C@@H](C)/C=C/C=C(/C)C(=O)N3)O5. The highest BCUT2D eigenvalue weighted by Crippen LogP contribution is 2.54. The number of nitrogens with one attached hydrogen (secondary N) is 1. The molecule has 1 spiro atoms. The highest BCUT2D eigenvalue weighted by atomic mass is 16.7. The zero-order valence-corrected chi connectivity index (χ0v) is 38.7. The first kappa shape index (κ1) is 48.6. The molecule has 0 aliphatic carbocycles. The van der Waals surface area contributed by atoms with Crippen LogP contribution >= 0.6 is 0 Å². The zero-order valence-electron chi connectivity index (χ0n) is 38.7. The van der Waals surface area contributed by atoms with Gasteiger partial charge in [-0.25, -0.2) is 0 Å². The van der Waals surface area contributed by atoms with Crippen LogP contribution in [0.4, 0.5) is 5.69 Å². The molecule has 0 saturated carbocycles. The second kappa shape index (κ2) is 19.3. The molecule has 2 amide bonds. The Balaban J connectivity index is 1.46. The van der Waals surface area contributed by atoms with Gasteiger partial charge in [-0.3, -0.25) is 24.4 Å². The molecule has 1 unspecified atom stereocenters. The Bertz CT molecular complexity index is 2350. The van der Waals surface area contributed by atoms with Gasteiger partial charge < -0.3 is 54.7 Å². The Morgan fingerprint density at radius 2 is 1.62 bits per heavy atom. The van der Waals surface area contributed by atoms with Crippen LogP contribution < -0.4 is 20.8 Å². The third kappa shape index (κ3) is 9.17.